The monoisotopic (exact) mass is 305 g/mol. The molecule has 0 saturated carbocycles. The minimum atomic E-state index is 0.402. The molecule has 3 rings (SSSR count). The van der Waals surface area contributed by atoms with Gasteiger partial charge in [0, 0.05) is 31.4 Å². The van der Waals surface area contributed by atoms with Crippen molar-refractivity contribution in [3.8, 4) is 0 Å². The highest BCUT2D eigenvalue weighted by Crippen LogP contribution is 2.35. The van der Waals surface area contributed by atoms with Gasteiger partial charge in [-0.1, -0.05) is 25.4 Å². The number of fused-ring (bicyclic) bond motifs is 1. The summed E-state index contributed by atoms with van der Waals surface area (Å²) >= 11 is 6.09. The van der Waals surface area contributed by atoms with E-state index in [1.807, 2.05) is 18.5 Å². The van der Waals surface area contributed by atoms with Crippen LogP contribution in [0.1, 0.15) is 31.7 Å². The average molecular weight is 306 g/mol. The zero-order valence-corrected chi connectivity index (χ0v) is 13.4. The Kier molecular flexibility index (Phi) is 4.00. The van der Waals surface area contributed by atoms with E-state index in [2.05, 4.69) is 23.7 Å². The molecule has 2 aromatic rings. The van der Waals surface area contributed by atoms with Crippen LogP contribution < -0.4 is 4.90 Å². The normalized spacial score (nSPS) is 18.3. The maximum atomic E-state index is 6.09. The quantitative estimate of drug-likeness (QED) is 0.809. The highest BCUT2D eigenvalue weighted by molar-refractivity contribution is 6.30. The van der Waals surface area contributed by atoms with Crippen LogP contribution in [0.25, 0.3) is 10.8 Å². The van der Waals surface area contributed by atoms with Gasteiger partial charge in [-0.3, -0.25) is 0 Å². The SMILES string of the molecule is COC[C@@H]1CCN1c1ncc(C(C)C)c2cc(Cl)ncc12. The Hall–Kier alpha value is -1.39. The molecule has 112 valence electrons. The van der Waals surface area contributed by atoms with Gasteiger partial charge in [0.25, 0.3) is 0 Å². The average Bonchev–Trinajstić information content (AvgIpc) is 2.43. The number of rotatable bonds is 4. The standard InChI is InChI=1S/C16H20ClN3O/c1-10(2)13-7-19-16(20-5-4-11(20)9-21-3)14-8-18-15(17)6-12(13)14/h6-8,10-11H,4-5,9H2,1-3H3/t11-/m0/s1. The number of aromatic nitrogens is 2. The van der Waals surface area contributed by atoms with Crippen molar-refractivity contribution in [2.24, 2.45) is 0 Å². The van der Waals surface area contributed by atoms with Gasteiger partial charge in [0.15, 0.2) is 0 Å². The van der Waals surface area contributed by atoms with E-state index in [0.717, 1.165) is 36.2 Å². The first-order valence-electron chi connectivity index (χ1n) is 7.31. The molecule has 0 N–H and O–H groups in total. The summed E-state index contributed by atoms with van der Waals surface area (Å²) in [4.78, 5) is 11.2. The van der Waals surface area contributed by atoms with Crippen molar-refractivity contribution in [1.29, 1.82) is 0 Å². The highest BCUT2D eigenvalue weighted by atomic mass is 35.5. The van der Waals surface area contributed by atoms with Crippen molar-refractivity contribution in [2.75, 3.05) is 25.2 Å². The minimum Gasteiger partial charge on any atom is -0.383 e. The van der Waals surface area contributed by atoms with Crippen LogP contribution in [0.2, 0.25) is 5.15 Å². The molecule has 0 spiro atoms. The Morgan fingerprint density at radius 2 is 2.14 bits per heavy atom. The molecule has 0 aromatic carbocycles. The van der Waals surface area contributed by atoms with Crippen molar-refractivity contribution in [1.82, 2.24) is 9.97 Å². The second kappa shape index (κ2) is 5.78. The first-order chi connectivity index (χ1) is 10.1. The van der Waals surface area contributed by atoms with Crippen LogP contribution in [-0.2, 0) is 4.74 Å². The number of hydrogen-bond donors (Lipinski definition) is 0. The molecule has 0 unspecified atom stereocenters. The van der Waals surface area contributed by atoms with Crippen LogP contribution in [0, 0.1) is 0 Å². The third kappa shape index (κ3) is 2.58. The van der Waals surface area contributed by atoms with Crippen LogP contribution in [-0.4, -0.2) is 36.3 Å². The molecular formula is C16H20ClN3O. The molecule has 0 aliphatic carbocycles. The topological polar surface area (TPSA) is 38.2 Å². The van der Waals surface area contributed by atoms with Crippen molar-refractivity contribution in [3.63, 3.8) is 0 Å². The zero-order chi connectivity index (χ0) is 15.0. The summed E-state index contributed by atoms with van der Waals surface area (Å²) in [5, 5.41) is 2.75. The van der Waals surface area contributed by atoms with Gasteiger partial charge in [0.2, 0.25) is 0 Å². The van der Waals surface area contributed by atoms with Crippen LogP contribution >= 0.6 is 11.6 Å². The fourth-order valence-electron chi connectivity index (χ4n) is 2.89. The zero-order valence-electron chi connectivity index (χ0n) is 12.6. The van der Waals surface area contributed by atoms with Gasteiger partial charge in [0.05, 0.1) is 12.6 Å². The fourth-order valence-corrected chi connectivity index (χ4v) is 3.05. The van der Waals surface area contributed by atoms with E-state index in [0.29, 0.717) is 17.1 Å². The third-order valence-corrected chi connectivity index (χ3v) is 4.35. The lowest BCUT2D eigenvalue weighted by molar-refractivity contribution is 0.156. The van der Waals surface area contributed by atoms with E-state index in [1.165, 1.54) is 5.56 Å². The maximum absolute atomic E-state index is 6.09. The lowest BCUT2D eigenvalue weighted by Crippen LogP contribution is -2.50. The van der Waals surface area contributed by atoms with E-state index in [9.17, 15) is 0 Å². The third-order valence-electron chi connectivity index (χ3n) is 4.15. The number of pyridine rings is 2. The Bertz CT molecular complexity index is 659. The number of nitrogens with zero attached hydrogens (tertiary/aromatic N) is 3. The highest BCUT2D eigenvalue weighted by Gasteiger charge is 2.30. The molecule has 5 heteroatoms. The Labute approximate surface area is 130 Å². The van der Waals surface area contributed by atoms with Gasteiger partial charge in [0.1, 0.15) is 11.0 Å². The van der Waals surface area contributed by atoms with Gasteiger partial charge in [-0.25, -0.2) is 9.97 Å². The molecule has 1 saturated heterocycles. The maximum Gasteiger partial charge on any atom is 0.138 e. The summed E-state index contributed by atoms with van der Waals surface area (Å²) in [7, 11) is 1.74. The summed E-state index contributed by atoms with van der Waals surface area (Å²) in [5.41, 5.74) is 1.21. The summed E-state index contributed by atoms with van der Waals surface area (Å²) < 4.78 is 5.28. The predicted octanol–water partition coefficient (Wildman–Crippen LogP) is 3.63. The van der Waals surface area contributed by atoms with Gasteiger partial charge < -0.3 is 9.64 Å². The molecule has 0 radical (unpaired) electrons. The van der Waals surface area contributed by atoms with Crippen molar-refractivity contribution >= 4 is 28.2 Å². The van der Waals surface area contributed by atoms with Gasteiger partial charge in [-0.2, -0.15) is 0 Å². The second-order valence-electron chi connectivity index (χ2n) is 5.84. The molecule has 1 aliphatic rings. The smallest absolute Gasteiger partial charge is 0.138 e. The molecule has 2 aromatic heterocycles. The number of hydrogen-bond acceptors (Lipinski definition) is 4. The van der Waals surface area contributed by atoms with Crippen molar-refractivity contribution < 1.29 is 4.74 Å². The molecule has 0 amide bonds. The molecule has 1 aliphatic heterocycles. The molecule has 4 nitrogen and oxygen atoms in total. The Morgan fingerprint density at radius 3 is 2.76 bits per heavy atom. The summed E-state index contributed by atoms with van der Waals surface area (Å²) in [6.07, 6.45) is 4.96. The van der Waals surface area contributed by atoms with Crippen LogP contribution in [0.15, 0.2) is 18.5 Å². The van der Waals surface area contributed by atoms with E-state index < -0.39 is 0 Å². The number of methoxy groups -OCH3 is 1. The summed E-state index contributed by atoms with van der Waals surface area (Å²) in [6.45, 7) is 6.08. The first kappa shape index (κ1) is 14.5. The Balaban J connectivity index is 2.10. The van der Waals surface area contributed by atoms with E-state index in [1.54, 1.807) is 7.11 Å². The molecule has 1 fully saturated rings. The van der Waals surface area contributed by atoms with Gasteiger partial charge in [-0.15, -0.1) is 0 Å². The van der Waals surface area contributed by atoms with Crippen LogP contribution in [0.5, 0.6) is 0 Å². The first-order valence-corrected chi connectivity index (χ1v) is 7.69. The van der Waals surface area contributed by atoms with E-state index in [-0.39, 0.29) is 0 Å². The van der Waals surface area contributed by atoms with Crippen LogP contribution in [0.3, 0.4) is 0 Å². The Morgan fingerprint density at radius 1 is 1.33 bits per heavy atom. The largest absolute Gasteiger partial charge is 0.383 e. The van der Waals surface area contributed by atoms with Crippen LogP contribution in [0.4, 0.5) is 5.82 Å². The van der Waals surface area contributed by atoms with Gasteiger partial charge >= 0.3 is 0 Å². The van der Waals surface area contributed by atoms with Crippen molar-refractivity contribution in [3.05, 3.63) is 29.2 Å². The summed E-state index contributed by atoms with van der Waals surface area (Å²) in [6, 6.07) is 2.36. The van der Waals surface area contributed by atoms with Gasteiger partial charge in [-0.05, 0) is 29.4 Å². The fraction of sp³-hybridized carbons (Fsp3) is 0.500. The van der Waals surface area contributed by atoms with E-state index in [4.69, 9.17) is 21.3 Å². The molecule has 1 atom stereocenters. The lowest BCUT2D eigenvalue weighted by Gasteiger charge is -2.42. The van der Waals surface area contributed by atoms with Crippen molar-refractivity contribution in [2.45, 2.75) is 32.2 Å². The minimum absolute atomic E-state index is 0.402. The lowest BCUT2D eigenvalue weighted by atomic mass is 9.97. The molecule has 21 heavy (non-hydrogen) atoms. The predicted molar refractivity (Wildman–Crippen MR) is 86.3 cm³/mol. The molecule has 0 bridgehead atoms. The number of halogens is 1. The van der Waals surface area contributed by atoms with E-state index >= 15 is 0 Å². The second-order valence-corrected chi connectivity index (χ2v) is 6.22. The summed E-state index contributed by atoms with van der Waals surface area (Å²) in [5.74, 6) is 1.39. The number of anilines is 1. The number of ether oxygens (including phenoxy) is 1. The molecule has 3 heterocycles. The molecular weight excluding hydrogens is 286 g/mol.